The number of benzene rings is 1. The maximum atomic E-state index is 13.7. The van der Waals surface area contributed by atoms with Crippen molar-refractivity contribution in [1.29, 1.82) is 0 Å². The van der Waals surface area contributed by atoms with Crippen molar-refractivity contribution in [2.45, 2.75) is 57.8 Å². The lowest BCUT2D eigenvalue weighted by Gasteiger charge is -2.35. The van der Waals surface area contributed by atoms with Gasteiger partial charge in [-0.3, -0.25) is 4.79 Å². The molecule has 1 aromatic carbocycles. The molecule has 208 valence electrons. The van der Waals surface area contributed by atoms with Crippen molar-refractivity contribution < 1.29 is 23.8 Å². The number of aromatic nitrogens is 4. The van der Waals surface area contributed by atoms with Crippen LogP contribution in [0.2, 0.25) is 0 Å². The van der Waals surface area contributed by atoms with Crippen LogP contribution in [0.5, 0.6) is 0 Å². The Labute approximate surface area is 226 Å². The SMILES string of the molecule is CC1(C(=O)NCCCO)COC(c2nc(-c3ccc(F)cc3)c(-c3ccnc(NC4CCCCC4)n3)[nH]2)OC1. The van der Waals surface area contributed by atoms with Crippen LogP contribution in [0, 0.1) is 11.2 Å². The van der Waals surface area contributed by atoms with E-state index in [1.165, 1.54) is 31.4 Å². The number of aliphatic hydroxyl groups is 1. The quantitative estimate of drug-likeness (QED) is 0.301. The Bertz CT molecular complexity index is 1250. The zero-order valence-electron chi connectivity index (χ0n) is 22.1. The fraction of sp³-hybridized carbons (Fsp3) is 0.500. The smallest absolute Gasteiger partial charge is 0.230 e. The molecule has 5 rings (SSSR count). The molecular weight excluding hydrogens is 503 g/mol. The third-order valence-corrected chi connectivity index (χ3v) is 7.19. The minimum absolute atomic E-state index is 0.00769. The minimum Gasteiger partial charge on any atom is -0.396 e. The molecule has 4 N–H and O–H groups in total. The highest BCUT2D eigenvalue weighted by Gasteiger charge is 2.40. The van der Waals surface area contributed by atoms with Crippen LogP contribution in [-0.4, -0.2) is 63.4 Å². The number of nitrogens with zero attached hydrogens (tertiary/aromatic N) is 3. The first-order valence-electron chi connectivity index (χ1n) is 13.5. The van der Waals surface area contributed by atoms with Gasteiger partial charge in [-0.05, 0) is 56.5 Å². The van der Waals surface area contributed by atoms with E-state index in [1.54, 1.807) is 31.3 Å². The number of nitrogens with one attached hydrogen (secondary N) is 3. The molecule has 39 heavy (non-hydrogen) atoms. The van der Waals surface area contributed by atoms with Gasteiger partial charge in [0, 0.05) is 31.0 Å². The van der Waals surface area contributed by atoms with Gasteiger partial charge >= 0.3 is 0 Å². The molecule has 1 aliphatic carbocycles. The van der Waals surface area contributed by atoms with E-state index < -0.39 is 11.7 Å². The highest BCUT2D eigenvalue weighted by molar-refractivity contribution is 5.82. The molecule has 1 saturated carbocycles. The zero-order chi connectivity index (χ0) is 27.2. The number of imidazole rings is 1. The molecule has 1 aliphatic heterocycles. The van der Waals surface area contributed by atoms with Crippen LogP contribution in [-0.2, 0) is 14.3 Å². The summed E-state index contributed by atoms with van der Waals surface area (Å²) in [4.78, 5) is 29.9. The maximum Gasteiger partial charge on any atom is 0.230 e. The lowest BCUT2D eigenvalue weighted by atomic mass is 9.91. The summed E-state index contributed by atoms with van der Waals surface area (Å²) in [6.45, 7) is 2.43. The second kappa shape index (κ2) is 12.2. The Morgan fingerprint density at radius 2 is 1.87 bits per heavy atom. The number of hydrogen-bond donors (Lipinski definition) is 4. The predicted octanol–water partition coefficient (Wildman–Crippen LogP) is 3.97. The van der Waals surface area contributed by atoms with Gasteiger partial charge in [-0.2, -0.15) is 0 Å². The molecule has 2 aliphatic rings. The number of amides is 1. The summed E-state index contributed by atoms with van der Waals surface area (Å²) < 4.78 is 25.6. The first kappa shape index (κ1) is 27.2. The van der Waals surface area contributed by atoms with Crippen LogP contribution in [0.15, 0.2) is 36.5 Å². The van der Waals surface area contributed by atoms with E-state index in [1.807, 2.05) is 0 Å². The monoisotopic (exact) mass is 538 g/mol. The molecule has 0 radical (unpaired) electrons. The van der Waals surface area contributed by atoms with E-state index >= 15 is 0 Å². The average molecular weight is 539 g/mol. The topological polar surface area (TPSA) is 134 Å². The molecule has 2 fully saturated rings. The van der Waals surface area contributed by atoms with Gasteiger partial charge in [-0.1, -0.05) is 19.3 Å². The first-order chi connectivity index (χ1) is 18.9. The van der Waals surface area contributed by atoms with E-state index in [0.717, 1.165) is 12.8 Å². The molecule has 1 saturated heterocycles. The van der Waals surface area contributed by atoms with Crippen molar-refractivity contribution in [2.75, 3.05) is 31.7 Å². The predicted molar refractivity (Wildman–Crippen MR) is 143 cm³/mol. The summed E-state index contributed by atoms with van der Waals surface area (Å²) in [5.41, 5.74) is 1.68. The maximum absolute atomic E-state index is 13.7. The Balaban J connectivity index is 1.38. The van der Waals surface area contributed by atoms with E-state index in [2.05, 4.69) is 20.6 Å². The fourth-order valence-electron chi connectivity index (χ4n) is 4.89. The number of aromatic amines is 1. The van der Waals surface area contributed by atoms with Crippen molar-refractivity contribution in [1.82, 2.24) is 25.3 Å². The fourth-order valence-corrected chi connectivity index (χ4v) is 4.89. The zero-order valence-corrected chi connectivity index (χ0v) is 22.1. The third kappa shape index (κ3) is 6.43. The molecule has 1 amide bonds. The van der Waals surface area contributed by atoms with Crippen molar-refractivity contribution in [3.05, 3.63) is 48.2 Å². The van der Waals surface area contributed by atoms with Crippen LogP contribution in [0.3, 0.4) is 0 Å². The molecule has 3 aromatic rings. The third-order valence-electron chi connectivity index (χ3n) is 7.19. The van der Waals surface area contributed by atoms with Gasteiger partial charge in [0.05, 0.1) is 35.7 Å². The number of aliphatic hydroxyl groups excluding tert-OH is 1. The van der Waals surface area contributed by atoms with Gasteiger partial charge < -0.3 is 30.2 Å². The van der Waals surface area contributed by atoms with Crippen molar-refractivity contribution >= 4 is 11.9 Å². The molecule has 0 unspecified atom stereocenters. The van der Waals surface area contributed by atoms with Gasteiger partial charge in [0.15, 0.2) is 5.82 Å². The Kier molecular flexibility index (Phi) is 8.49. The second-order valence-electron chi connectivity index (χ2n) is 10.4. The lowest BCUT2D eigenvalue weighted by Crippen LogP contribution is -2.48. The van der Waals surface area contributed by atoms with Crippen LogP contribution in [0.4, 0.5) is 10.3 Å². The Morgan fingerprint density at radius 1 is 1.13 bits per heavy atom. The molecule has 10 nitrogen and oxygen atoms in total. The van der Waals surface area contributed by atoms with Crippen molar-refractivity contribution in [2.24, 2.45) is 5.41 Å². The van der Waals surface area contributed by atoms with Crippen LogP contribution >= 0.6 is 0 Å². The number of halogens is 1. The minimum atomic E-state index is -0.868. The van der Waals surface area contributed by atoms with E-state index in [-0.39, 0.29) is 31.5 Å². The number of hydrogen-bond acceptors (Lipinski definition) is 8. The summed E-state index contributed by atoms with van der Waals surface area (Å²) in [7, 11) is 0. The largest absolute Gasteiger partial charge is 0.396 e. The summed E-state index contributed by atoms with van der Waals surface area (Å²) in [5.74, 6) is 0.439. The molecule has 0 bridgehead atoms. The lowest BCUT2D eigenvalue weighted by molar-refractivity contribution is -0.231. The van der Waals surface area contributed by atoms with Crippen LogP contribution < -0.4 is 10.6 Å². The van der Waals surface area contributed by atoms with Crippen molar-refractivity contribution in [3.63, 3.8) is 0 Å². The summed E-state index contributed by atoms with van der Waals surface area (Å²) in [6, 6.07) is 8.25. The summed E-state index contributed by atoms with van der Waals surface area (Å²) in [6.07, 6.45) is 7.20. The molecular formula is C28H35FN6O4. The van der Waals surface area contributed by atoms with E-state index in [0.29, 0.717) is 53.4 Å². The highest BCUT2D eigenvalue weighted by atomic mass is 19.1. The normalized spacial score (nSPS) is 22.0. The van der Waals surface area contributed by atoms with Crippen molar-refractivity contribution in [3.8, 4) is 22.6 Å². The van der Waals surface area contributed by atoms with Gasteiger partial charge in [-0.15, -0.1) is 0 Å². The summed E-state index contributed by atoms with van der Waals surface area (Å²) >= 11 is 0. The number of ether oxygens (including phenoxy) is 2. The highest BCUT2D eigenvalue weighted by Crippen LogP contribution is 2.35. The molecule has 2 aromatic heterocycles. The number of carbonyl (C=O) groups excluding carboxylic acids is 1. The summed E-state index contributed by atoms with van der Waals surface area (Å²) in [5, 5.41) is 15.2. The van der Waals surface area contributed by atoms with Crippen LogP contribution in [0.1, 0.15) is 57.6 Å². The number of anilines is 1. The number of rotatable bonds is 9. The number of H-pyrrole nitrogens is 1. The first-order valence-corrected chi connectivity index (χ1v) is 13.5. The molecule has 0 atom stereocenters. The van der Waals surface area contributed by atoms with Gasteiger partial charge in [0.25, 0.3) is 0 Å². The van der Waals surface area contributed by atoms with Gasteiger partial charge in [0.1, 0.15) is 5.82 Å². The number of carbonyl (C=O) groups is 1. The van der Waals surface area contributed by atoms with Crippen LogP contribution in [0.25, 0.3) is 22.6 Å². The molecule has 11 heteroatoms. The van der Waals surface area contributed by atoms with Gasteiger partial charge in [-0.25, -0.2) is 19.3 Å². The van der Waals surface area contributed by atoms with E-state index in [9.17, 15) is 9.18 Å². The Morgan fingerprint density at radius 3 is 2.59 bits per heavy atom. The van der Waals surface area contributed by atoms with Gasteiger partial charge in [0.2, 0.25) is 18.1 Å². The second-order valence-corrected chi connectivity index (χ2v) is 10.4. The standard InChI is InChI=1S/C28H35FN6O4/c1-28(26(37)30-13-5-15-36)16-38-25(39-17-28)24-34-22(18-8-10-19(29)11-9-18)23(35-24)21-12-14-31-27(33-21)32-20-6-3-2-4-7-20/h8-12,14,20,25,36H,2-7,13,15-17H2,1H3,(H,30,37)(H,34,35)(H,31,32,33). The average Bonchev–Trinajstić information content (AvgIpc) is 3.40. The molecule has 3 heterocycles. The Hall–Kier alpha value is -3.41. The van der Waals surface area contributed by atoms with E-state index in [4.69, 9.17) is 24.5 Å². The molecule has 0 spiro atoms.